The number of carbonyl (C=O) groups is 3. The van der Waals surface area contributed by atoms with Crippen LogP contribution in [0.4, 0.5) is 5.69 Å². The number of hydrogen-bond acceptors (Lipinski definition) is 6. The summed E-state index contributed by atoms with van der Waals surface area (Å²) in [5, 5.41) is 6.14. The number of carbonyl (C=O) groups excluding carboxylic acids is 3. The Hall–Kier alpha value is -3.65. The quantitative estimate of drug-likeness (QED) is 0.431. The van der Waals surface area contributed by atoms with E-state index in [0.29, 0.717) is 27.5 Å². The van der Waals surface area contributed by atoms with Crippen molar-refractivity contribution in [3.05, 3.63) is 64.8 Å². The molecule has 3 rings (SSSR count). The lowest BCUT2D eigenvalue weighted by Gasteiger charge is -2.11. The molecule has 0 spiro atoms. The molecule has 0 saturated carbocycles. The molecule has 3 aromatic rings. The predicted molar refractivity (Wildman–Crippen MR) is 116 cm³/mol. The molecule has 1 heterocycles. The highest BCUT2D eigenvalue weighted by molar-refractivity contribution is 6.29. The largest absolute Gasteiger partial charge is 0.495 e. The molecule has 0 fully saturated rings. The Labute approximate surface area is 183 Å². The minimum atomic E-state index is -0.666. The number of pyridine rings is 1. The summed E-state index contributed by atoms with van der Waals surface area (Å²) in [6.07, 6.45) is 0. The van der Waals surface area contributed by atoms with Crippen LogP contribution in [0.25, 0.3) is 10.9 Å². The Morgan fingerprint density at radius 3 is 2.61 bits per heavy atom. The first-order chi connectivity index (χ1) is 14.9. The SMILES string of the molecule is COc1ccc(C)cc1NC(=O)CNC(=O)COC(=O)c1ccc2nc(Cl)ccc2c1. The van der Waals surface area contributed by atoms with E-state index in [1.165, 1.54) is 13.2 Å². The normalized spacial score (nSPS) is 10.4. The van der Waals surface area contributed by atoms with Crippen molar-refractivity contribution in [2.75, 3.05) is 25.6 Å². The van der Waals surface area contributed by atoms with E-state index < -0.39 is 24.4 Å². The minimum absolute atomic E-state index is 0.272. The third-order valence-electron chi connectivity index (χ3n) is 4.30. The number of benzene rings is 2. The molecule has 1 aromatic heterocycles. The molecular weight excluding hydrogens is 422 g/mol. The van der Waals surface area contributed by atoms with Gasteiger partial charge in [-0.05, 0) is 55.0 Å². The number of halogens is 1. The zero-order valence-corrected chi connectivity index (χ0v) is 17.7. The number of fused-ring (bicyclic) bond motifs is 1. The number of amides is 2. The van der Waals surface area contributed by atoms with E-state index >= 15 is 0 Å². The third-order valence-corrected chi connectivity index (χ3v) is 4.51. The topological polar surface area (TPSA) is 107 Å². The molecule has 9 heteroatoms. The maximum Gasteiger partial charge on any atom is 0.338 e. The summed E-state index contributed by atoms with van der Waals surface area (Å²) in [7, 11) is 1.50. The Morgan fingerprint density at radius 1 is 1.03 bits per heavy atom. The summed E-state index contributed by atoms with van der Waals surface area (Å²) >= 11 is 5.84. The molecule has 2 N–H and O–H groups in total. The standard InChI is InChI=1S/C22H20ClN3O5/c1-13-3-7-18(30-2)17(9-13)26-20(27)11-24-21(28)12-31-22(29)15-4-6-16-14(10-15)5-8-19(23)25-16/h3-10H,11-12H2,1-2H3,(H,24,28)(H,26,27). The van der Waals surface area contributed by atoms with Crippen LogP contribution >= 0.6 is 11.6 Å². The van der Waals surface area contributed by atoms with E-state index in [1.807, 2.05) is 13.0 Å². The highest BCUT2D eigenvalue weighted by atomic mass is 35.5. The number of methoxy groups -OCH3 is 1. The Morgan fingerprint density at radius 2 is 1.84 bits per heavy atom. The van der Waals surface area contributed by atoms with Crippen molar-refractivity contribution in [3.63, 3.8) is 0 Å². The number of aryl methyl sites for hydroxylation is 1. The molecule has 0 aliphatic heterocycles. The van der Waals surface area contributed by atoms with Crippen LogP contribution in [0.5, 0.6) is 5.75 Å². The maximum atomic E-state index is 12.2. The number of rotatable bonds is 7. The molecule has 0 atom stereocenters. The lowest BCUT2D eigenvalue weighted by Crippen LogP contribution is -2.35. The van der Waals surface area contributed by atoms with Gasteiger partial charge in [0.25, 0.3) is 5.91 Å². The zero-order chi connectivity index (χ0) is 22.4. The average molecular weight is 442 g/mol. The molecule has 0 saturated heterocycles. The molecule has 0 bridgehead atoms. The van der Waals surface area contributed by atoms with E-state index in [4.69, 9.17) is 21.1 Å². The van der Waals surface area contributed by atoms with Gasteiger partial charge < -0.3 is 20.1 Å². The van der Waals surface area contributed by atoms with Crippen molar-refractivity contribution in [3.8, 4) is 5.75 Å². The highest BCUT2D eigenvalue weighted by Gasteiger charge is 2.13. The highest BCUT2D eigenvalue weighted by Crippen LogP contribution is 2.25. The summed E-state index contributed by atoms with van der Waals surface area (Å²) in [4.78, 5) is 40.4. The zero-order valence-electron chi connectivity index (χ0n) is 16.9. The number of anilines is 1. The Bertz CT molecular complexity index is 1150. The molecule has 0 radical (unpaired) electrons. The van der Waals surface area contributed by atoms with Crippen LogP contribution in [0.1, 0.15) is 15.9 Å². The number of nitrogens with one attached hydrogen (secondary N) is 2. The van der Waals surface area contributed by atoms with E-state index in [9.17, 15) is 14.4 Å². The van der Waals surface area contributed by atoms with E-state index in [-0.39, 0.29) is 12.1 Å². The fourth-order valence-corrected chi connectivity index (χ4v) is 2.94. The van der Waals surface area contributed by atoms with Crippen LogP contribution in [0.15, 0.2) is 48.5 Å². The van der Waals surface area contributed by atoms with Crippen molar-refractivity contribution >= 4 is 46.0 Å². The van der Waals surface area contributed by atoms with Gasteiger partial charge in [0.2, 0.25) is 5.91 Å². The van der Waals surface area contributed by atoms with Crippen LogP contribution < -0.4 is 15.4 Å². The van der Waals surface area contributed by atoms with Crippen LogP contribution in [0.3, 0.4) is 0 Å². The molecule has 2 amide bonds. The summed E-state index contributed by atoms with van der Waals surface area (Å²) in [6, 6.07) is 13.5. The van der Waals surface area contributed by atoms with Gasteiger partial charge in [0.05, 0.1) is 30.4 Å². The van der Waals surface area contributed by atoms with E-state index in [0.717, 1.165) is 5.56 Å². The summed E-state index contributed by atoms with van der Waals surface area (Å²) in [5.74, 6) is -1.20. The molecule has 0 unspecified atom stereocenters. The number of ether oxygens (including phenoxy) is 2. The first-order valence-corrected chi connectivity index (χ1v) is 9.68. The molecule has 160 valence electrons. The molecule has 0 aliphatic carbocycles. The monoisotopic (exact) mass is 441 g/mol. The van der Waals surface area contributed by atoms with Gasteiger partial charge in [-0.25, -0.2) is 9.78 Å². The van der Waals surface area contributed by atoms with Crippen LogP contribution in [-0.2, 0) is 14.3 Å². The summed E-state index contributed by atoms with van der Waals surface area (Å²) in [6.45, 7) is 1.08. The van der Waals surface area contributed by atoms with Gasteiger partial charge in [-0.1, -0.05) is 17.7 Å². The van der Waals surface area contributed by atoms with Gasteiger partial charge in [0, 0.05) is 5.39 Å². The molecular formula is C22H20ClN3O5. The summed E-state index contributed by atoms with van der Waals surface area (Å²) in [5.41, 5.74) is 2.35. The Kier molecular flexibility index (Phi) is 7.04. The predicted octanol–water partition coefficient (Wildman–Crippen LogP) is 3.12. The van der Waals surface area contributed by atoms with Gasteiger partial charge >= 0.3 is 5.97 Å². The first-order valence-electron chi connectivity index (χ1n) is 9.30. The number of nitrogens with zero attached hydrogens (tertiary/aromatic N) is 1. The maximum absolute atomic E-state index is 12.2. The number of hydrogen-bond donors (Lipinski definition) is 2. The van der Waals surface area contributed by atoms with E-state index in [2.05, 4.69) is 15.6 Å². The smallest absolute Gasteiger partial charge is 0.338 e. The minimum Gasteiger partial charge on any atom is -0.495 e. The van der Waals surface area contributed by atoms with Crippen molar-refractivity contribution in [1.82, 2.24) is 10.3 Å². The molecule has 0 aliphatic rings. The fraction of sp³-hybridized carbons (Fsp3) is 0.182. The van der Waals surface area contributed by atoms with Crippen LogP contribution in [0.2, 0.25) is 5.15 Å². The molecule has 2 aromatic carbocycles. The first kappa shape index (κ1) is 22.0. The second-order valence-electron chi connectivity index (χ2n) is 6.65. The average Bonchev–Trinajstić information content (AvgIpc) is 2.75. The van der Waals surface area contributed by atoms with Crippen molar-refractivity contribution in [2.45, 2.75) is 6.92 Å². The number of esters is 1. The second kappa shape index (κ2) is 9.90. The number of aromatic nitrogens is 1. The molecule has 8 nitrogen and oxygen atoms in total. The van der Waals surface area contributed by atoms with Gasteiger partial charge in [0.15, 0.2) is 6.61 Å². The molecule has 31 heavy (non-hydrogen) atoms. The van der Waals surface area contributed by atoms with Crippen molar-refractivity contribution in [1.29, 1.82) is 0 Å². The van der Waals surface area contributed by atoms with Gasteiger partial charge in [-0.3, -0.25) is 9.59 Å². The lowest BCUT2D eigenvalue weighted by atomic mass is 10.1. The van der Waals surface area contributed by atoms with Crippen molar-refractivity contribution in [2.24, 2.45) is 0 Å². The van der Waals surface area contributed by atoms with E-state index in [1.54, 1.807) is 36.4 Å². The lowest BCUT2D eigenvalue weighted by molar-refractivity contribution is -0.126. The second-order valence-corrected chi connectivity index (χ2v) is 7.03. The fourth-order valence-electron chi connectivity index (χ4n) is 2.79. The third kappa shape index (κ3) is 5.93. The van der Waals surface area contributed by atoms with Crippen molar-refractivity contribution < 1.29 is 23.9 Å². The van der Waals surface area contributed by atoms with Gasteiger partial charge in [-0.15, -0.1) is 0 Å². The van der Waals surface area contributed by atoms with Gasteiger partial charge in [0.1, 0.15) is 10.9 Å². The van der Waals surface area contributed by atoms with Crippen LogP contribution in [0, 0.1) is 6.92 Å². The van der Waals surface area contributed by atoms with Crippen LogP contribution in [-0.4, -0.2) is 43.0 Å². The van der Waals surface area contributed by atoms with Gasteiger partial charge in [-0.2, -0.15) is 0 Å². The summed E-state index contributed by atoms with van der Waals surface area (Å²) < 4.78 is 10.2. The Balaban J connectivity index is 1.49.